The van der Waals surface area contributed by atoms with Gasteiger partial charge in [0.1, 0.15) is 11.5 Å². The second kappa shape index (κ2) is 5.32. The lowest BCUT2D eigenvalue weighted by molar-refractivity contribution is 0.0718. The van der Waals surface area contributed by atoms with E-state index < -0.39 is 5.69 Å². The van der Waals surface area contributed by atoms with Crippen molar-refractivity contribution in [1.29, 1.82) is 0 Å². The van der Waals surface area contributed by atoms with Gasteiger partial charge in [0.2, 0.25) is 0 Å². The second-order valence-corrected chi connectivity index (χ2v) is 4.82. The molecule has 6 heteroatoms. The Labute approximate surface area is 115 Å². The first-order valence-corrected chi connectivity index (χ1v) is 6.68. The number of nitrogens with one attached hydrogen (secondary N) is 1. The number of likely N-dealkylation sites (tertiary alicyclic amines) is 1. The molecule has 20 heavy (non-hydrogen) atoms. The van der Waals surface area contributed by atoms with Crippen molar-refractivity contribution >= 4 is 5.91 Å². The molecular weight excluding hydrogens is 258 g/mol. The van der Waals surface area contributed by atoms with Gasteiger partial charge in [-0.05, 0) is 37.5 Å². The van der Waals surface area contributed by atoms with Gasteiger partial charge in [0.15, 0.2) is 0 Å². The van der Waals surface area contributed by atoms with E-state index in [1.54, 1.807) is 23.1 Å². The number of H-pyrrole nitrogens is 1. The zero-order chi connectivity index (χ0) is 13.9. The Kier molecular flexibility index (Phi) is 3.37. The number of rotatable bonds is 2. The predicted molar refractivity (Wildman–Crippen MR) is 72.3 cm³/mol. The Balaban J connectivity index is 1.93. The van der Waals surface area contributed by atoms with Crippen LogP contribution in [0.1, 0.15) is 29.8 Å². The average Bonchev–Trinajstić information content (AvgIpc) is 3.01. The maximum absolute atomic E-state index is 12.4. The SMILES string of the molecule is O=C(c1cc(-c2ccco2)[nH]c(=O)n1)N1CCCCC1. The molecule has 6 nitrogen and oxygen atoms in total. The van der Waals surface area contributed by atoms with Gasteiger partial charge in [-0.25, -0.2) is 4.79 Å². The molecule has 1 saturated heterocycles. The fraction of sp³-hybridized carbons (Fsp3) is 0.357. The summed E-state index contributed by atoms with van der Waals surface area (Å²) in [6.45, 7) is 1.45. The van der Waals surface area contributed by atoms with E-state index in [9.17, 15) is 9.59 Å². The van der Waals surface area contributed by atoms with Crippen molar-refractivity contribution in [3.05, 3.63) is 40.6 Å². The number of piperidine rings is 1. The van der Waals surface area contributed by atoms with Crippen LogP contribution >= 0.6 is 0 Å². The molecule has 1 aliphatic rings. The number of carbonyl (C=O) groups is 1. The summed E-state index contributed by atoms with van der Waals surface area (Å²) < 4.78 is 5.23. The van der Waals surface area contributed by atoms with Crippen LogP contribution in [0.25, 0.3) is 11.5 Å². The maximum Gasteiger partial charge on any atom is 0.346 e. The maximum atomic E-state index is 12.4. The summed E-state index contributed by atoms with van der Waals surface area (Å²) in [5, 5.41) is 0. The van der Waals surface area contributed by atoms with Crippen LogP contribution in [0.4, 0.5) is 0 Å². The van der Waals surface area contributed by atoms with Crippen molar-refractivity contribution in [2.45, 2.75) is 19.3 Å². The average molecular weight is 273 g/mol. The van der Waals surface area contributed by atoms with Gasteiger partial charge in [-0.15, -0.1) is 0 Å². The minimum atomic E-state index is -0.542. The molecule has 3 heterocycles. The van der Waals surface area contributed by atoms with Crippen LogP contribution in [-0.2, 0) is 0 Å². The molecule has 0 spiro atoms. The third-order valence-corrected chi connectivity index (χ3v) is 3.39. The lowest BCUT2D eigenvalue weighted by atomic mass is 10.1. The zero-order valence-electron chi connectivity index (χ0n) is 11.0. The smallest absolute Gasteiger partial charge is 0.346 e. The molecular formula is C14H15N3O3. The van der Waals surface area contributed by atoms with E-state index in [0.717, 1.165) is 32.4 Å². The van der Waals surface area contributed by atoms with Crippen LogP contribution in [0.3, 0.4) is 0 Å². The number of hydrogen-bond acceptors (Lipinski definition) is 4. The van der Waals surface area contributed by atoms with Crippen molar-refractivity contribution in [2.75, 3.05) is 13.1 Å². The van der Waals surface area contributed by atoms with Crippen LogP contribution < -0.4 is 5.69 Å². The molecule has 2 aromatic rings. The number of amides is 1. The summed E-state index contributed by atoms with van der Waals surface area (Å²) in [6.07, 6.45) is 4.66. The van der Waals surface area contributed by atoms with Crippen LogP contribution in [-0.4, -0.2) is 33.9 Å². The van der Waals surface area contributed by atoms with Crippen molar-refractivity contribution in [1.82, 2.24) is 14.9 Å². The standard InChI is InChI=1S/C14H15N3O3/c18-13(17-6-2-1-3-7-17)11-9-10(15-14(19)16-11)12-5-4-8-20-12/h4-5,8-9H,1-3,6-7H2,(H,15,16,19). The second-order valence-electron chi connectivity index (χ2n) is 4.82. The topological polar surface area (TPSA) is 79.2 Å². The summed E-state index contributed by atoms with van der Waals surface area (Å²) >= 11 is 0. The van der Waals surface area contributed by atoms with E-state index in [1.165, 1.54) is 6.26 Å². The summed E-state index contributed by atoms with van der Waals surface area (Å²) in [5.41, 5.74) is 0.0941. The van der Waals surface area contributed by atoms with Gasteiger partial charge in [0.25, 0.3) is 5.91 Å². The number of hydrogen-bond donors (Lipinski definition) is 1. The molecule has 0 bridgehead atoms. The van der Waals surface area contributed by atoms with Crippen molar-refractivity contribution in [3.8, 4) is 11.5 Å². The fourth-order valence-electron chi connectivity index (χ4n) is 2.39. The third kappa shape index (κ3) is 2.49. The van der Waals surface area contributed by atoms with Crippen molar-refractivity contribution in [3.63, 3.8) is 0 Å². The van der Waals surface area contributed by atoms with Crippen LogP contribution in [0.2, 0.25) is 0 Å². The highest BCUT2D eigenvalue weighted by Crippen LogP contribution is 2.18. The normalized spacial score (nSPS) is 15.3. The summed E-state index contributed by atoms with van der Waals surface area (Å²) in [4.78, 5) is 32.1. The van der Waals surface area contributed by atoms with E-state index in [0.29, 0.717) is 11.5 Å². The van der Waals surface area contributed by atoms with Crippen LogP contribution in [0.5, 0.6) is 0 Å². The molecule has 1 N–H and O–H groups in total. The molecule has 0 radical (unpaired) electrons. The van der Waals surface area contributed by atoms with E-state index >= 15 is 0 Å². The summed E-state index contributed by atoms with van der Waals surface area (Å²) in [6, 6.07) is 5.01. The molecule has 0 atom stereocenters. The predicted octanol–water partition coefficient (Wildman–Crippen LogP) is 1.66. The number of carbonyl (C=O) groups excluding carboxylic acids is 1. The Morgan fingerprint density at radius 1 is 1.30 bits per heavy atom. The minimum absolute atomic E-state index is 0.169. The molecule has 0 aliphatic carbocycles. The Hall–Kier alpha value is -2.37. The Morgan fingerprint density at radius 2 is 2.10 bits per heavy atom. The summed E-state index contributed by atoms with van der Waals surface area (Å²) in [7, 11) is 0. The van der Waals surface area contributed by atoms with Crippen molar-refractivity contribution < 1.29 is 9.21 Å². The first-order valence-electron chi connectivity index (χ1n) is 6.68. The fourth-order valence-corrected chi connectivity index (χ4v) is 2.39. The quantitative estimate of drug-likeness (QED) is 0.902. The first kappa shape index (κ1) is 12.7. The van der Waals surface area contributed by atoms with E-state index in [-0.39, 0.29) is 11.6 Å². The highest BCUT2D eigenvalue weighted by atomic mass is 16.3. The molecule has 1 aliphatic heterocycles. The third-order valence-electron chi connectivity index (χ3n) is 3.39. The molecule has 3 rings (SSSR count). The van der Waals surface area contributed by atoms with Crippen LogP contribution in [0, 0.1) is 0 Å². The van der Waals surface area contributed by atoms with Gasteiger partial charge in [0.05, 0.1) is 12.0 Å². The van der Waals surface area contributed by atoms with Gasteiger partial charge >= 0.3 is 5.69 Å². The van der Waals surface area contributed by atoms with E-state index in [2.05, 4.69) is 9.97 Å². The van der Waals surface area contributed by atoms with E-state index in [1.807, 2.05) is 0 Å². The Bertz CT molecular complexity index is 655. The largest absolute Gasteiger partial charge is 0.463 e. The number of furan rings is 1. The van der Waals surface area contributed by atoms with Gasteiger partial charge in [-0.1, -0.05) is 0 Å². The number of aromatic amines is 1. The highest BCUT2D eigenvalue weighted by molar-refractivity contribution is 5.93. The molecule has 1 fully saturated rings. The molecule has 2 aromatic heterocycles. The van der Waals surface area contributed by atoms with Gasteiger partial charge in [-0.2, -0.15) is 4.98 Å². The van der Waals surface area contributed by atoms with Gasteiger partial charge < -0.3 is 14.3 Å². The molecule has 0 saturated carbocycles. The molecule has 0 aromatic carbocycles. The van der Waals surface area contributed by atoms with Gasteiger partial charge in [-0.3, -0.25) is 4.79 Å². The van der Waals surface area contributed by atoms with Crippen LogP contribution in [0.15, 0.2) is 33.7 Å². The van der Waals surface area contributed by atoms with Crippen molar-refractivity contribution in [2.24, 2.45) is 0 Å². The molecule has 0 unspecified atom stereocenters. The van der Waals surface area contributed by atoms with Gasteiger partial charge in [0, 0.05) is 13.1 Å². The minimum Gasteiger partial charge on any atom is -0.463 e. The first-order chi connectivity index (χ1) is 9.74. The molecule has 104 valence electrons. The zero-order valence-corrected chi connectivity index (χ0v) is 11.0. The molecule has 1 amide bonds. The highest BCUT2D eigenvalue weighted by Gasteiger charge is 2.20. The Morgan fingerprint density at radius 3 is 2.80 bits per heavy atom. The lowest BCUT2D eigenvalue weighted by Gasteiger charge is -2.26. The summed E-state index contributed by atoms with van der Waals surface area (Å²) in [5.74, 6) is 0.320. The monoisotopic (exact) mass is 273 g/mol. The number of nitrogens with zero attached hydrogens (tertiary/aromatic N) is 2. The number of aromatic nitrogens is 2. The lowest BCUT2D eigenvalue weighted by Crippen LogP contribution is -2.37. The van der Waals surface area contributed by atoms with E-state index in [4.69, 9.17) is 4.42 Å².